The molecule has 1 N–H and O–H groups in total. The summed E-state index contributed by atoms with van der Waals surface area (Å²) < 4.78 is 1.17. The maximum absolute atomic E-state index is 3.70. The SMILES string of the molecule is C[C@@H](NC1CCCC1)c1cccc(Br)c1. The fraction of sp³-hybridized carbons (Fsp3) is 0.538. The summed E-state index contributed by atoms with van der Waals surface area (Å²) in [6.45, 7) is 2.25. The van der Waals surface area contributed by atoms with Crippen LogP contribution in [0.1, 0.15) is 44.2 Å². The molecular formula is C13H18BrN. The largest absolute Gasteiger partial charge is 0.307 e. The predicted octanol–water partition coefficient (Wildman–Crippen LogP) is 4.04. The van der Waals surface area contributed by atoms with Crippen molar-refractivity contribution >= 4 is 15.9 Å². The fourth-order valence-electron chi connectivity index (χ4n) is 2.32. The van der Waals surface area contributed by atoms with Crippen LogP contribution in [-0.2, 0) is 0 Å². The minimum Gasteiger partial charge on any atom is -0.307 e. The Morgan fingerprint density at radius 2 is 2.07 bits per heavy atom. The first-order valence-corrected chi connectivity index (χ1v) is 6.56. The summed E-state index contributed by atoms with van der Waals surface area (Å²) in [4.78, 5) is 0. The molecule has 0 spiro atoms. The topological polar surface area (TPSA) is 12.0 Å². The maximum Gasteiger partial charge on any atom is 0.0294 e. The third-order valence-corrected chi connectivity index (χ3v) is 3.68. The van der Waals surface area contributed by atoms with Crippen LogP contribution in [0, 0.1) is 0 Å². The first-order chi connectivity index (χ1) is 7.25. The Bertz CT molecular complexity index is 318. The third-order valence-electron chi connectivity index (χ3n) is 3.19. The monoisotopic (exact) mass is 267 g/mol. The highest BCUT2D eigenvalue weighted by Crippen LogP contribution is 2.23. The molecule has 15 heavy (non-hydrogen) atoms. The van der Waals surface area contributed by atoms with Crippen LogP contribution in [0.4, 0.5) is 0 Å². The lowest BCUT2D eigenvalue weighted by Gasteiger charge is -2.19. The van der Waals surface area contributed by atoms with Gasteiger partial charge in [0.2, 0.25) is 0 Å². The minimum atomic E-state index is 0.464. The van der Waals surface area contributed by atoms with Crippen LogP contribution in [0.15, 0.2) is 28.7 Å². The lowest BCUT2D eigenvalue weighted by Crippen LogP contribution is -2.28. The zero-order valence-corrected chi connectivity index (χ0v) is 10.8. The van der Waals surface area contributed by atoms with Crippen molar-refractivity contribution in [1.82, 2.24) is 5.32 Å². The number of halogens is 1. The van der Waals surface area contributed by atoms with Gasteiger partial charge in [-0.05, 0) is 37.5 Å². The molecule has 0 saturated heterocycles. The number of benzene rings is 1. The zero-order chi connectivity index (χ0) is 10.7. The molecule has 82 valence electrons. The normalized spacial score (nSPS) is 19.3. The Morgan fingerprint density at radius 3 is 2.73 bits per heavy atom. The molecule has 1 aliphatic rings. The average molecular weight is 268 g/mol. The second-order valence-corrected chi connectivity index (χ2v) is 5.34. The van der Waals surface area contributed by atoms with Gasteiger partial charge in [-0.3, -0.25) is 0 Å². The van der Waals surface area contributed by atoms with Crippen LogP contribution in [0.2, 0.25) is 0 Å². The molecule has 1 aromatic rings. The molecule has 1 saturated carbocycles. The highest BCUT2D eigenvalue weighted by Gasteiger charge is 2.17. The summed E-state index contributed by atoms with van der Waals surface area (Å²) in [5.74, 6) is 0. The Kier molecular flexibility index (Phi) is 3.81. The van der Waals surface area contributed by atoms with Crippen LogP contribution < -0.4 is 5.32 Å². The molecule has 0 amide bonds. The van der Waals surface area contributed by atoms with Gasteiger partial charge < -0.3 is 5.32 Å². The van der Waals surface area contributed by atoms with Gasteiger partial charge in [0.1, 0.15) is 0 Å². The van der Waals surface area contributed by atoms with E-state index >= 15 is 0 Å². The van der Waals surface area contributed by atoms with Gasteiger partial charge in [-0.15, -0.1) is 0 Å². The molecular weight excluding hydrogens is 250 g/mol. The molecule has 2 rings (SSSR count). The molecule has 0 heterocycles. The van der Waals surface area contributed by atoms with Crippen molar-refractivity contribution in [3.63, 3.8) is 0 Å². The standard InChI is InChI=1S/C13H18BrN/c1-10(15-13-7-2-3-8-13)11-5-4-6-12(14)9-11/h4-6,9-10,13,15H,2-3,7-8H2,1H3/t10-/m1/s1. The molecule has 1 aliphatic carbocycles. The van der Waals surface area contributed by atoms with Crippen LogP contribution >= 0.6 is 15.9 Å². The van der Waals surface area contributed by atoms with E-state index in [1.807, 2.05) is 0 Å². The predicted molar refractivity (Wildman–Crippen MR) is 67.9 cm³/mol. The van der Waals surface area contributed by atoms with Crippen LogP contribution in [0.3, 0.4) is 0 Å². The van der Waals surface area contributed by atoms with E-state index in [-0.39, 0.29) is 0 Å². The lowest BCUT2D eigenvalue weighted by molar-refractivity contribution is 0.461. The number of hydrogen-bond acceptors (Lipinski definition) is 1. The number of hydrogen-bond donors (Lipinski definition) is 1. The summed E-state index contributed by atoms with van der Waals surface area (Å²) >= 11 is 3.52. The summed E-state index contributed by atoms with van der Waals surface area (Å²) in [6.07, 6.45) is 5.47. The highest BCUT2D eigenvalue weighted by molar-refractivity contribution is 9.10. The average Bonchev–Trinajstić information content (AvgIpc) is 2.70. The zero-order valence-electron chi connectivity index (χ0n) is 9.17. The van der Waals surface area contributed by atoms with E-state index in [0.29, 0.717) is 6.04 Å². The molecule has 0 radical (unpaired) electrons. The molecule has 1 fully saturated rings. The van der Waals surface area contributed by atoms with E-state index in [0.717, 1.165) is 6.04 Å². The van der Waals surface area contributed by atoms with Crippen LogP contribution in [0.25, 0.3) is 0 Å². The van der Waals surface area contributed by atoms with Crippen molar-refractivity contribution in [2.45, 2.75) is 44.7 Å². The Hall–Kier alpha value is -0.340. The quantitative estimate of drug-likeness (QED) is 0.872. The van der Waals surface area contributed by atoms with Crippen molar-refractivity contribution in [1.29, 1.82) is 0 Å². The summed E-state index contributed by atoms with van der Waals surface area (Å²) in [6, 6.07) is 9.77. The van der Waals surface area contributed by atoms with E-state index in [9.17, 15) is 0 Å². The van der Waals surface area contributed by atoms with E-state index in [2.05, 4.69) is 52.4 Å². The summed E-state index contributed by atoms with van der Waals surface area (Å²) in [5, 5.41) is 3.70. The second kappa shape index (κ2) is 5.13. The first kappa shape index (κ1) is 11.2. The van der Waals surface area contributed by atoms with Crippen LogP contribution in [-0.4, -0.2) is 6.04 Å². The van der Waals surface area contributed by atoms with Gasteiger partial charge in [0.25, 0.3) is 0 Å². The Balaban J connectivity index is 1.97. The Morgan fingerprint density at radius 1 is 1.33 bits per heavy atom. The number of nitrogens with one attached hydrogen (secondary N) is 1. The van der Waals surface area contributed by atoms with E-state index < -0.39 is 0 Å². The molecule has 1 nitrogen and oxygen atoms in total. The van der Waals surface area contributed by atoms with Gasteiger partial charge in [-0.25, -0.2) is 0 Å². The van der Waals surface area contributed by atoms with Gasteiger partial charge >= 0.3 is 0 Å². The number of rotatable bonds is 3. The maximum atomic E-state index is 3.70. The first-order valence-electron chi connectivity index (χ1n) is 5.77. The highest BCUT2D eigenvalue weighted by atomic mass is 79.9. The van der Waals surface area contributed by atoms with Crippen molar-refractivity contribution in [2.75, 3.05) is 0 Å². The molecule has 1 atom stereocenters. The van der Waals surface area contributed by atoms with Crippen molar-refractivity contribution in [3.05, 3.63) is 34.3 Å². The molecule has 0 bridgehead atoms. The summed E-state index contributed by atoms with van der Waals surface area (Å²) in [5.41, 5.74) is 1.37. The fourth-order valence-corrected chi connectivity index (χ4v) is 2.74. The van der Waals surface area contributed by atoms with Gasteiger partial charge in [0.05, 0.1) is 0 Å². The minimum absolute atomic E-state index is 0.464. The molecule has 1 aromatic carbocycles. The molecule has 0 aromatic heterocycles. The van der Waals surface area contributed by atoms with Crippen molar-refractivity contribution in [2.24, 2.45) is 0 Å². The molecule has 2 heteroatoms. The smallest absolute Gasteiger partial charge is 0.0294 e. The van der Waals surface area contributed by atoms with Gasteiger partial charge in [0.15, 0.2) is 0 Å². The third kappa shape index (κ3) is 3.05. The van der Waals surface area contributed by atoms with E-state index in [4.69, 9.17) is 0 Å². The van der Waals surface area contributed by atoms with Crippen LogP contribution in [0.5, 0.6) is 0 Å². The van der Waals surface area contributed by atoms with Crippen molar-refractivity contribution in [3.8, 4) is 0 Å². The summed E-state index contributed by atoms with van der Waals surface area (Å²) in [7, 11) is 0. The molecule has 0 aliphatic heterocycles. The van der Waals surface area contributed by atoms with Gasteiger partial charge in [-0.1, -0.05) is 40.9 Å². The van der Waals surface area contributed by atoms with Gasteiger partial charge in [-0.2, -0.15) is 0 Å². The lowest BCUT2D eigenvalue weighted by atomic mass is 10.1. The van der Waals surface area contributed by atoms with E-state index in [1.165, 1.54) is 35.7 Å². The van der Waals surface area contributed by atoms with Crippen molar-refractivity contribution < 1.29 is 0 Å². The second-order valence-electron chi connectivity index (χ2n) is 4.42. The van der Waals surface area contributed by atoms with E-state index in [1.54, 1.807) is 0 Å². The molecule has 0 unspecified atom stereocenters. The Labute approximate surface area is 100 Å². The van der Waals surface area contributed by atoms with Gasteiger partial charge in [0, 0.05) is 16.6 Å².